The van der Waals surface area contributed by atoms with Crippen molar-refractivity contribution in [1.29, 1.82) is 5.26 Å². The Morgan fingerprint density at radius 3 is 2.50 bits per heavy atom. The van der Waals surface area contributed by atoms with E-state index in [9.17, 15) is 9.59 Å². The SMILES string of the molecule is N#CC1(C(=O)NCCCCC(N)=O)CCC1. The van der Waals surface area contributed by atoms with Crippen LogP contribution >= 0.6 is 0 Å². The smallest absolute Gasteiger partial charge is 0.240 e. The lowest BCUT2D eigenvalue weighted by atomic mass is 9.69. The van der Waals surface area contributed by atoms with Crippen molar-refractivity contribution in [3.8, 4) is 6.07 Å². The summed E-state index contributed by atoms with van der Waals surface area (Å²) in [5, 5.41) is 11.6. The number of carbonyl (C=O) groups is 2. The fourth-order valence-electron chi connectivity index (χ4n) is 1.72. The van der Waals surface area contributed by atoms with Crippen molar-refractivity contribution >= 4 is 11.8 Å². The van der Waals surface area contributed by atoms with E-state index < -0.39 is 5.41 Å². The van der Waals surface area contributed by atoms with Gasteiger partial charge in [0.1, 0.15) is 5.41 Å². The summed E-state index contributed by atoms with van der Waals surface area (Å²) in [6, 6.07) is 2.09. The molecule has 1 aliphatic rings. The van der Waals surface area contributed by atoms with E-state index in [1.165, 1.54) is 0 Å². The van der Waals surface area contributed by atoms with Crippen molar-refractivity contribution in [2.24, 2.45) is 11.1 Å². The van der Waals surface area contributed by atoms with Crippen molar-refractivity contribution < 1.29 is 9.59 Å². The summed E-state index contributed by atoms with van der Waals surface area (Å²) in [5.74, 6) is -0.487. The number of carbonyl (C=O) groups excluding carboxylic acids is 2. The van der Waals surface area contributed by atoms with Gasteiger partial charge in [-0.05, 0) is 32.1 Å². The number of nitrogens with one attached hydrogen (secondary N) is 1. The highest BCUT2D eigenvalue weighted by Gasteiger charge is 2.44. The Kier molecular flexibility index (Phi) is 4.29. The molecular formula is C11H17N3O2. The van der Waals surface area contributed by atoms with Gasteiger partial charge in [0.15, 0.2) is 0 Å². The van der Waals surface area contributed by atoms with Gasteiger partial charge in [-0.15, -0.1) is 0 Å². The van der Waals surface area contributed by atoms with Gasteiger partial charge in [-0.25, -0.2) is 0 Å². The van der Waals surface area contributed by atoms with Crippen LogP contribution < -0.4 is 11.1 Å². The molecule has 1 aliphatic carbocycles. The fourth-order valence-corrected chi connectivity index (χ4v) is 1.72. The summed E-state index contributed by atoms with van der Waals surface area (Å²) in [5.41, 5.74) is 4.21. The van der Waals surface area contributed by atoms with Crippen LogP contribution in [-0.2, 0) is 9.59 Å². The van der Waals surface area contributed by atoms with E-state index in [0.29, 0.717) is 32.2 Å². The van der Waals surface area contributed by atoms with Crippen LogP contribution in [0.2, 0.25) is 0 Å². The minimum absolute atomic E-state index is 0.166. The fraction of sp³-hybridized carbons (Fsp3) is 0.727. The zero-order valence-electron chi connectivity index (χ0n) is 9.29. The van der Waals surface area contributed by atoms with Crippen LogP contribution in [0.1, 0.15) is 38.5 Å². The van der Waals surface area contributed by atoms with Crippen molar-refractivity contribution in [2.75, 3.05) is 6.54 Å². The standard InChI is InChI=1S/C11H17N3O2/c12-8-11(5-3-6-11)10(16)14-7-2-1-4-9(13)15/h1-7H2,(H2,13,15)(H,14,16). The molecule has 0 aliphatic heterocycles. The first-order valence-electron chi connectivity index (χ1n) is 5.58. The lowest BCUT2D eigenvalue weighted by molar-refractivity contribution is -0.131. The Hall–Kier alpha value is -1.57. The highest BCUT2D eigenvalue weighted by molar-refractivity contribution is 5.86. The van der Waals surface area contributed by atoms with E-state index >= 15 is 0 Å². The molecule has 2 amide bonds. The van der Waals surface area contributed by atoms with Crippen LogP contribution in [-0.4, -0.2) is 18.4 Å². The van der Waals surface area contributed by atoms with Crippen molar-refractivity contribution in [1.82, 2.24) is 5.32 Å². The zero-order valence-corrected chi connectivity index (χ0v) is 9.29. The number of primary amides is 1. The maximum absolute atomic E-state index is 11.7. The number of hydrogen-bond acceptors (Lipinski definition) is 3. The third kappa shape index (κ3) is 2.96. The molecule has 0 aromatic heterocycles. The second kappa shape index (κ2) is 5.50. The predicted octanol–water partition coefficient (Wildman–Crippen LogP) is 0.452. The molecule has 0 spiro atoms. The molecule has 3 N–H and O–H groups in total. The Balaban J connectivity index is 2.16. The minimum atomic E-state index is -0.774. The van der Waals surface area contributed by atoms with Gasteiger partial charge >= 0.3 is 0 Å². The molecule has 0 saturated heterocycles. The zero-order chi connectivity index (χ0) is 12.0. The van der Waals surface area contributed by atoms with Gasteiger partial charge in [-0.1, -0.05) is 0 Å². The summed E-state index contributed by atoms with van der Waals surface area (Å²) in [6.07, 6.45) is 4.01. The molecule has 0 heterocycles. The molecule has 1 fully saturated rings. The number of nitriles is 1. The maximum atomic E-state index is 11.7. The largest absolute Gasteiger partial charge is 0.370 e. The van der Waals surface area contributed by atoms with E-state index in [0.717, 1.165) is 12.8 Å². The highest BCUT2D eigenvalue weighted by atomic mass is 16.2. The molecular weight excluding hydrogens is 206 g/mol. The second-order valence-corrected chi connectivity index (χ2v) is 4.23. The first kappa shape index (κ1) is 12.5. The predicted molar refractivity (Wildman–Crippen MR) is 58.0 cm³/mol. The molecule has 1 saturated carbocycles. The van der Waals surface area contributed by atoms with Gasteiger partial charge < -0.3 is 11.1 Å². The molecule has 88 valence electrons. The average molecular weight is 223 g/mol. The van der Waals surface area contributed by atoms with Gasteiger partial charge in [0.2, 0.25) is 11.8 Å². The monoisotopic (exact) mass is 223 g/mol. The summed E-state index contributed by atoms with van der Waals surface area (Å²) in [4.78, 5) is 22.1. The van der Waals surface area contributed by atoms with E-state index in [1.807, 2.05) is 0 Å². The molecule has 5 heteroatoms. The van der Waals surface area contributed by atoms with Gasteiger partial charge in [0.05, 0.1) is 6.07 Å². The van der Waals surface area contributed by atoms with Crippen LogP contribution in [0.4, 0.5) is 0 Å². The summed E-state index contributed by atoms with van der Waals surface area (Å²) < 4.78 is 0. The van der Waals surface area contributed by atoms with Crippen LogP contribution in [0.15, 0.2) is 0 Å². The number of rotatable bonds is 6. The third-order valence-corrected chi connectivity index (χ3v) is 2.99. The third-order valence-electron chi connectivity index (χ3n) is 2.99. The molecule has 16 heavy (non-hydrogen) atoms. The van der Waals surface area contributed by atoms with E-state index in [-0.39, 0.29) is 11.8 Å². The topological polar surface area (TPSA) is 96.0 Å². The summed E-state index contributed by atoms with van der Waals surface area (Å²) >= 11 is 0. The molecule has 0 aromatic rings. The Bertz CT molecular complexity index is 316. The van der Waals surface area contributed by atoms with Crippen molar-refractivity contribution in [3.05, 3.63) is 0 Å². The summed E-state index contributed by atoms with van der Waals surface area (Å²) in [6.45, 7) is 0.509. The van der Waals surface area contributed by atoms with Crippen molar-refractivity contribution in [3.63, 3.8) is 0 Å². The molecule has 5 nitrogen and oxygen atoms in total. The molecule has 0 aromatic carbocycles. The number of hydrogen-bond donors (Lipinski definition) is 2. The average Bonchev–Trinajstić information content (AvgIpc) is 2.16. The number of amides is 2. The Morgan fingerprint density at radius 1 is 1.38 bits per heavy atom. The highest BCUT2D eigenvalue weighted by Crippen LogP contribution is 2.40. The van der Waals surface area contributed by atoms with E-state index in [2.05, 4.69) is 11.4 Å². The summed E-state index contributed by atoms with van der Waals surface area (Å²) in [7, 11) is 0. The van der Waals surface area contributed by atoms with E-state index in [4.69, 9.17) is 11.0 Å². The number of nitrogens with two attached hydrogens (primary N) is 1. The molecule has 0 radical (unpaired) electrons. The quantitative estimate of drug-likeness (QED) is 0.640. The lowest BCUT2D eigenvalue weighted by Gasteiger charge is -2.33. The van der Waals surface area contributed by atoms with Crippen LogP contribution in [0, 0.1) is 16.7 Å². The van der Waals surface area contributed by atoms with Gasteiger partial charge in [-0.3, -0.25) is 9.59 Å². The number of unbranched alkanes of at least 4 members (excludes halogenated alkanes) is 1. The first-order valence-corrected chi connectivity index (χ1v) is 5.58. The van der Waals surface area contributed by atoms with E-state index in [1.54, 1.807) is 0 Å². The van der Waals surface area contributed by atoms with Crippen LogP contribution in [0.3, 0.4) is 0 Å². The minimum Gasteiger partial charge on any atom is -0.370 e. The van der Waals surface area contributed by atoms with Crippen molar-refractivity contribution in [2.45, 2.75) is 38.5 Å². The van der Waals surface area contributed by atoms with Gasteiger partial charge in [0, 0.05) is 13.0 Å². The molecule has 0 unspecified atom stereocenters. The number of nitrogens with zero attached hydrogens (tertiary/aromatic N) is 1. The molecule has 1 rings (SSSR count). The Labute approximate surface area is 95.0 Å². The van der Waals surface area contributed by atoms with Gasteiger partial charge in [-0.2, -0.15) is 5.26 Å². The van der Waals surface area contributed by atoms with Crippen LogP contribution in [0.5, 0.6) is 0 Å². The molecule has 0 atom stereocenters. The van der Waals surface area contributed by atoms with Gasteiger partial charge in [0.25, 0.3) is 0 Å². The first-order chi connectivity index (χ1) is 7.60. The van der Waals surface area contributed by atoms with Crippen LogP contribution in [0.25, 0.3) is 0 Å². The Morgan fingerprint density at radius 2 is 2.06 bits per heavy atom. The molecule has 0 bridgehead atoms. The lowest BCUT2D eigenvalue weighted by Crippen LogP contribution is -2.44. The second-order valence-electron chi connectivity index (χ2n) is 4.23. The normalized spacial score (nSPS) is 16.9. The maximum Gasteiger partial charge on any atom is 0.240 e.